The van der Waals surface area contributed by atoms with E-state index in [0.29, 0.717) is 24.2 Å². The standard InChI is InChI=1S/2C24H31O2P/c2*1-19-17-21(26-4)18-20(24(19,2)3)15-16-27(25,22-11-7-5-8-12-22)23-13-9-6-10-14-23/h2*5-15,19,21H,16-18H2,1-4H3/b20-15+;20-15-. The van der Waals surface area contributed by atoms with E-state index in [1.807, 2.05) is 121 Å². The van der Waals surface area contributed by atoms with E-state index in [-0.39, 0.29) is 23.0 Å². The second-order valence-electron chi connectivity index (χ2n) is 16.5. The Balaban J connectivity index is 0.000000208. The van der Waals surface area contributed by atoms with E-state index in [1.54, 1.807) is 14.2 Å². The minimum Gasteiger partial charge on any atom is -0.381 e. The molecule has 2 aliphatic carbocycles. The first-order chi connectivity index (χ1) is 25.8. The van der Waals surface area contributed by atoms with Crippen molar-refractivity contribution < 1.29 is 18.6 Å². The van der Waals surface area contributed by atoms with Crippen LogP contribution in [0.15, 0.2) is 145 Å². The van der Waals surface area contributed by atoms with Crippen molar-refractivity contribution in [2.75, 3.05) is 26.5 Å². The molecule has 0 amide bonds. The maximum absolute atomic E-state index is 14.2. The predicted octanol–water partition coefficient (Wildman–Crippen LogP) is 10.8. The molecule has 0 aliphatic heterocycles. The second kappa shape index (κ2) is 18.1. The first kappa shape index (κ1) is 41.9. The van der Waals surface area contributed by atoms with Gasteiger partial charge in [-0.3, -0.25) is 0 Å². The van der Waals surface area contributed by atoms with Gasteiger partial charge in [-0.25, -0.2) is 0 Å². The fourth-order valence-corrected chi connectivity index (χ4v) is 13.1. The van der Waals surface area contributed by atoms with Gasteiger partial charge in [0.2, 0.25) is 0 Å². The molecule has 4 nitrogen and oxygen atoms in total. The van der Waals surface area contributed by atoms with Crippen LogP contribution in [-0.4, -0.2) is 38.8 Å². The molecule has 0 N–H and O–H groups in total. The number of benzene rings is 4. The van der Waals surface area contributed by atoms with Crippen LogP contribution in [0.1, 0.15) is 67.2 Å². The number of ether oxygens (including phenoxy) is 2. The molecule has 0 bridgehead atoms. The highest BCUT2D eigenvalue weighted by Crippen LogP contribution is 2.50. The van der Waals surface area contributed by atoms with E-state index < -0.39 is 14.3 Å². The quantitative estimate of drug-likeness (QED) is 0.119. The van der Waals surface area contributed by atoms with Crippen LogP contribution in [0, 0.1) is 22.7 Å². The summed E-state index contributed by atoms with van der Waals surface area (Å²) in [7, 11) is -1.83. The van der Waals surface area contributed by atoms with Gasteiger partial charge in [0.1, 0.15) is 14.3 Å². The minimum atomic E-state index is -2.71. The Morgan fingerprint density at radius 1 is 0.519 bits per heavy atom. The van der Waals surface area contributed by atoms with Crippen LogP contribution in [-0.2, 0) is 18.6 Å². The second-order valence-corrected chi connectivity index (χ2v) is 22.2. The monoisotopic (exact) mass is 764 g/mol. The maximum Gasteiger partial charge on any atom is 0.146 e. The minimum absolute atomic E-state index is 0.104. The molecule has 4 aromatic rings. The number of hydrogen-bond donors (Lipinski definition) is 0. The van der Waals surface area contributed by atoms with Gasteiger partial charge in [-0.15, -0.1) is 0 Å². The lowest BCUT2D eigenvalue weighted by atomic mass is 9.65. The van der Waals surface area contributed by atoms with Crippen LogP contribution in [0.4, 0.5) is 0 Å². The third-order valence-corrected chi connectivity index (χ3v) is 18.7. The van der Waals surface area contributed by atoms with E-state index >= 15 is 0 Å². The molecule has 2 fully saturated rings. The zero-order chi connectivity index (χ0) is 39.0. The number of allylic oxidation sites excluding steroid dienone is 2. The molecule has 54 heavy (non-hydrogen) atoms. The Kier molecular flexibility index (Phi) is 14.1. The molecule has 0 aromatic heterocycles. The molecule has 6 rings (SSSR count). The summed E-state index contributed by atoms with van der Waals surface area (Å²) in [5, 5.41) is 3.71. The Bertz CT molecular complexity index is 1700. The summed E-state index contributed by atoms with van der Waals surface area (Å²) < 4.78 is 39.8. The lowest BCUT2D eigenvalue weighted by molar-refractivity contribution is 0.0372. The molecule has 0 heterocycles. The van der Waals surface area contributed by atoms with Crippen molar-refractivity contribution in [3.05, 3.63) is 145 Å². The van der Waals surface area contributed by atoms with Crippen molar-refractivity contribution in [2.24, 2.45) is 22.7 Å². The topological polar surface area (TPSA) is 52.6 Å². The van der Waals surface area contributed by atoms with Crippen LogP contribution < -0.4 is 21.2 Å². The summed E-state index contributed by atoms with van der Waals surface area (Å²) in [6.07, 6.45) is 10.1. The first-order valence-electron chi connectivity index (χ1n) is 19.6. The molecular weight excluding hydrogens is 702 g/mol. The van der Waals surface area contributed by atoms with Crippen LogP contribution in [0.3, 0.4) is 0 Å². The predicted molar refractivity (Wildman–Crippen MR) is 231 cm³/mol. The summed E-state index contributed by atoms with van der Waals surface area (Å²) in [6.45, 7) is 13.8. The van der Waals surface area contributed by atoms with Crippen molar-refractivity contribution in [1.29, 1.82) is 0 Å². The van der Waals surface area contributed by atoms with Gasteiger partial charge in [0, 0.05) is 47.8 Å². The van der Waals surface area contributed by atoms with E-state index in [1.165, 1.54) is 11.1 Å². The Labute approximate surface area is 326 Å². The van der Waals surface area contributed by atoms with Gasteiger partial charge >= 0.3 is 0 Å². The van der Waals surface area contributed by atoms with Crippen molar-refractivity contribution in [3.63, 3.8) is 0 Å². The smallest absolute Gasteiger partial charge is 0.146 e. The summed E-state index contributed by atoms with van der Waals surface area (Å²) >= 11 is 0. The lowest BCUT2D eigenvalue weighted by Gasteiger charge is -2.42. The van der Waals surface area contributed by atoms with Crippen molar-refractivity contribution in [1.82, 2.24) is 0 Å². The van der Waals surface area contributed by atoms with Crippen LogP contribution >= 0.6 is 14.3 Å². The molecule has 6 heteroatoms. The number of methoxy groups -OCH3 is 2. The number of hydrogen-bond acceptors (Lipinski definition) is 4. The van der Waals surface area contributed by atoms with Gasteiger partial charge in [0.25, 0.3) is 0 Å². The van der Waals surface area contributed by atoms with E-state index in [2.05, 4.69) is 53.7 Å². The Morgan fingerprint density at radius 3 is 1.02 bits per heavy atom. The van der Waals surface area contributed by atoms with Gasteiger partial charge in [-0.1, -0.05) is 186 Å². The molecule has 4 aromatic carbocycles. The SMILES string of the molecule is COC1C/C(=C/CP(=O)(c2ccccc2)c2ccccc2)C(C)(C)C(C)C1.COC1C/C(=C\CP(=O)(c2ccccc2)c2ccccc2)C(C)(C)C(C)C1. The van der Waals surface area contributed by atoms with Crippen molar-refractivity contribution in [2.45, 2.75) is 79.4 Å². The van der Waals surface area contributed by atoms with E-state index in [9.17, 15) is 9.13 Å². The summed E-state index contributed by atoms with van der Waals surface area (Å²) in [5.41, 5.74) is 2.96. The molecule has 2 aliphatic rings. The number of rotatable bonds is 10. The molecule has 0 saturated heterocycles. The highest BCUT2D eigenvalue weighted by molar-refractivity contribution is 7.79. The van der Waals surface area contributed by atoms with Crippen LogP contribution in [0.25, 0.3) is 0 Å². The molecule has 4 atom stereocenters. The van der Waals surface area contributed by atoms with Crippen LogP contribution in [0.5, 0.6) is 0 Å². The van der Waals surface area contributed by atoms with Crippen molar-refractivity contribution >= 4 is 35.5 Å². The zero-order valence-corrected chi connectivity index (χ0v) is 35.6. The van der Waals surface area contributed by atoms with Gasteiger partial charge in [0.15, 0.2) is 0 Å². The van der Waals surface area contributed by atoms with E-state index in [4.69, 9.17) is 9.47 Å². The molecule has 0 spiro atoms. The fourth-order valence-electron chi connectivity index (χ4n) is 8.12. The zero-order valence-electron chi connectivity index (χ0n) is 33.8. The summed E-state index contributed by atoms with van der Waals surface area (Å²) in [4.78, 5) is 0. The average molecular weight is 765 g/mol. The Hall–Kier alpha value is -3.26. The largest absolute Gasteiger partial charge is 0.381 e. The van der Waals surface area contributed by atoms with E-state index in [0.717, 1.165) is 46.9 Å². The summed E-state index contributed by atoms with van der Waals surface area (Å²) in [5.74, 6) is 1.07. The van der Waals surface area contributed by atoms with Gasteiger partial charge in [-0.2, -0.15) is 0 Å². The summed E-state index contributed by atoms with van der Waals surface area (Å²) in [6, 6.07) is 39.7. The third kappa shape index (κ3) is 9.39. The lowest BCUT2D eigenvalue weighted by Crippen LogP contribution is -2.35. The fraction of sp³-hybridized carbons (Fsp3) is 0.417. The average Bonchev–Trinajstić information content (AvgIpc) is 3.20. The van der Waals surface area contributed by atoms with Crippen molar-refractivity contribution in [3.8, 4) is 0 Å². The Morgan fingerprint density at radius 2 is 0.778 bits per heavy atom. The van der Waals surface area contributed by atoms with Gasteiger partial charge in [-0.05, 0) is 48.3 Å². The molecular formula is C48H62O4P2. The normalized spacial score (nSPS) is 24.1. The third-order valence-electron chi connectivity index (χ3n) is 12.8. The first-order valence-corrected chi connectivity index (χ1v) is 23.4. The molecule has 0 radical (unpaired) electrons. The van der Waals surface area contributed by atoms with Gasteiger partial charge < -0.3 is 18.6 Å². The van der Waals surface area contributed by atoms with Crippen LogP contribution in [0.2, 0.25) is 0 Å². The molecule has 4 unspecified atom stereocenters. The maximum atomic E-state index is 14.2. The highest BCUT2D eigenvalue weighted by Gasteiger charge is 2.39. The highest BCUT2D eigenvalue weighted by atomic mass is 31.2. The molecule has 288 valence electrons. The molecule has 2 saturated carbocycles. The van der Waals surface area contributed by atoms with Gasteiger partial charge in [0.05, 0.1) is 12.2 Å².